The van der Waals surface area contributed by atoms with E-state index in [-0.39, 0.29) is 18.8 Å². The molecule has 0 radical (unpaired) electrons. The third-order valence-corrected chi connectivity index (χ3v) is 4.37. The van der Waals surface area contributed by atoms with Crippen molar-refractivity contribution >= 4 is 11.9 Å². The Morgan fingerprint density at radius 3 is 2.71 bits per heavy atom. The number of nitrogens with zero attached hydrogens (tertiary/aromatic N) is 1. The number of benzene rings is 2. The molecule has 0 unspecified atom stereocenters. The van der Waals surface area contributed by atoms with Gasteiger partial charge in [0.05, 0.1) is 23.4 Å². The lowest BCUT2D eigenvalue weighted by molar-refractivity contribution is -0.128. The second kappa shape index (κ2) is 7.05. The fraction of sp³-hybridized carbons (Fsp3) is 0.105. The van der Waals surface area contributed by atoms with Crippen LogP contribution in [0.2, 0.25) is 0 Å². The summed E-state index contributed by atoms with van der Waals surface area (Å²) in [6.07, 6.45) is -0.163. The molecule has 9 nitrogen and oxygen atoms in total. The van der Waals surface area contributed by atoms with E-state index in [4.69, 9.17) is 14.7 Å². The Labute approximate surface area is 158 Å². The molecule has 2 heterocycles. The minimum Gasteiger partial charge on any atom is -0.478 e. The number of aromatic nitrogens is 2. The van der Waals surface area contributed by atoms with Crippen molar-refractivity contribution in [1.29, 1.82) is 0 Å². The van der Waals surface area contributed by atoms with Gasteiger partial charge >= 0.3 is 5.97 Å². The van der Waals surface area contributed by atoms with E-state index in [9.17, 15) is 14.7 Å². The zero-order chi connectivity index (χ0) is 19.7. The maximum atomic E-state index is 11.9. The average Bonchev–Trinajstić information content (AvgIpc) is 3.34. The molecule has 0 aliphatic carbocycles. The lowest BCUT2D eigenvalue weighted by Gasteiger charge is -2.07. The largest absolute Gasteiger partial charge is 0.478 e. The first-order chi connectivity index (χ1) is 13.6. The molecule has 0 atom stereocenters. The second-order valence-corrected chi connectivity index (χ2v) is 6.09. The van der Waals surface area contributed by atoms with Crippen molar-refractivity contribution in [3.05, 3.63) is 53.6 Å². The van der Waals surface area contributed by atoms with E-state index >= 15 is 0 Å². The molecule has 1 aliphatic rings. The van der Waals surface area contributed by atoms with E-state index in [1.165, 1.54) is 12.1 Å². The Balaban J connectivity index is 1.83. The van der Waals surface area contributed by atoms with Crippen LogP contribution in [0.4, 0.5) is 0 Å². The third-order valence-electron chi connectivity index (χ3n) is 4.37. The summed E-state index contributed by atoms with van der Waals surface area (Å²) in [5, 5.41) is 25.4. The normalized spacial score (nSPS) is 12.0. The number of ether oxygens (including phenoxy) is 2. The fourth-order valence-electron chi connectivity index (χ4n) is 3.07. The van der Waals surface area contributed by atoms with Gasteiger partial charge in [0.25, 0.3) is 0 Å². The molecule has 2 aromatic carbocycles. The van der Waals surface area contributed by atoms with E-state index in [0.29, 0.717) is 39.6 Å². The van der Waals surface area contributed by atoms with Gasteiger partial charge < -0.3 is 14.6 Å². The van der Waals surface area contributed by atoms with Gasteiger partial charge in [0.2, 0.25) is 12.7 Å². The van der Waals surface area contributed by atoms with E-state index in [1.54, 1.807) is 35.8 Å². The van der Waals surface area contributed by atoms with Crippen LogP contribution in [-0.2, 0) is 11.2 Å². The summed E-state index contributed by atoms with van der Waals surface area (Å²) < 4.78 is 10.7. The Hall–Kier alpha value is -3.85. The molecule has 1 aliphatic heterocycles. The molecule has 0 bridgehead atoms. The first-order valence-electron chi connectivity index (χ1n) is 8.30. The molecular formula is C19H15N3O6. The molecule has 4 rings (SSSR count). The Kier molecular flexibility index (Phi) is 4.42. The topological polar surface area (TPSA) is 134 Å². The summed E-state index contributed by atoms with van der Waals surface area (Å²) in [7, 11) is 0. The highest BCUT2D eigenvalue weighted by molar-refractivity contribution is 5.90. The first kappa shape index (κ1) is 17.6. The van der Waals surface area contributed by atoms with Gasteiger partial charge in [-0.2, -0.15) is 5.10 Å². The van der Waals surface area contributed by atoms with Crippen molar-refractivity contribution in [2.45, 2.75) is 6.42 Å². The Morgan fingerprint density at radius 2 is 1.93 bits per heavy atom. The van der Waals surface area contributed by atoms with Crippen molar-refractivity contribution in [3.8, 4) is 34.0 Å². The summed E-state index contributed by atoms with van der Waals surface area (Å²) in [6, 6.07) is 11.5. The number of H-pyrrole nitrogens is 1. The van der Waals surface area contributed by atoms with Gasteiger partial charge in [-0.3, -0.25) is 15.1 Å². The van der Waals surface area contributed by atoms with Gasteiger partial charge in [-0.05, 0) is 30.3 Å². The predicted octanol–water partition coefficient (Wildman–Crippen LogP) is 2.22. The number of carbonyl (C=O) groups excluding carboxylic acids is 1. The van der Waals surface area contributed by atoms with Crippen molar-refractivity contribution in [3.63, 3.8) is 0 Å². The highest BCUT2D eigenvalue weighted by Gasteiger charge is 2.22. The molecule has 0 saturated carbocycles. The van der Waals surface area contributed by atoms with E-state index in [1.807, 2.05) is 0 Å². The zero-order valence-electron chi connectivity index (χ0n) is 14.4. The van der Waals surface area contributed by atoms with Gasteiger partial charge in [-0.25, -0.2) is 10.3 Å². The molecule has 0 spiro atoms. The summed E-state index contributed by atoms with van der Waals surface area (Å²) >= 11 is 0. The number of hydroxylamine groups is 1. The standard InChI is InChI=1S/C19H15N3O6/c23-16(22-26)8-13-17(10-2-1-3-12(6-10)19(24)25)20-21-18(13)11-4-5-14-15(7-11)28-9-27-14/h1-7,26H,8-9H2,(H,20,21)(H,22,23)(H,24,25). The monoisotopic (exact) mass is 381 g/mol. The summed E-state index contributed by atoms with van der Waals surface area (Å²) in [6.45, 7) is 0.131. The average molecular weight is 381 g/mol. The number of rotatable bonds is 5. The molecule has 0 fully saturated rings. The Morgan fingerprint density at radius 1 is 1.11 bits per heavy atom. The zero-order valence-corrected chi connectivity index (χ0v) is 14.4. The van der Waals surface area contributed by atoms with Gasteiger partial charge in [0, 0.05) is 16.7 Å². The Bertz CT molecular complexity index is 1080. The number of carboxylic acid groups (broad SMARTS) is 1. The predicted molar refractivity (Wildman–Crippen MR) is 96.2 cm³/mol. The second-order valence-electron chi connectivity index (χ2n) is 6.09. The fourth-order valence-corrected chi connectivity index (χ4v) is 3.07. The van der Waals surface area contributed by atoms with E-state index in [2.05, 4.69) is 10.2 Å². The molecule has 28 heavy (non-hydrogen) atoms. The van der Waals surface area contributed by atoms with Gasteiger partial charge in [0.15, 0.2) is 11.5 Å². The first-order valence-corrected chi connectivity index (χ1v) is 8.30. The lowest BCUT2D eigenvalue weighted by atomic mass is 9.98. The van der Waals surface area contributed by atoms with Gasteiger partial charge in [0.1, 0.15) is 0 Å². The maximum absolute atomic E-state index is 11.9. The molecule has 1 aromatic heterocycles. The number of aromatic carboxylic acids is 1. The van der Waals surface area contributed by atoms with Crippen LogP contribution in [0.1, 0.15) is 15.9 Å². The van der Waals surface area contributed by atoms with Crippen LogP contribution in [0.5, 0.6) is 11.5 Å². The summed E-state index contributed by atoms with van der Waals surface area (Å²) in [5.74, 6) is -0.512. The number of hydrogen-bond acceptors (Lipinski definition) is 6. The van der Waals surface area contributed by atoms with Crippen LogP contribution in [0.25, 0.3) is 22.5 Å². The number of fused-ring (bicyclic) bond motifs is 1. The summed E-state index contributed by atoms with van der Waals surface area (Å²) in [5.41, 5.74) is 4.43. The molecule has 9 heteroatoms. The highest BCUT2D eigenvalue weighted by Crippen LogP contribution is 2.38. The van der Waals surface area contributed by atoms with Gasteiger partial charge in [-0.1, -0.05) is 12.1 Å². The molecular weight excluding hydrogens is 366 g/mol. The molecule has 142 valence electrons. The SMILES string of the molecule is O=C(Cc1c(-c2ccc3c(c2)OCO3)n[nH]c1-c1cccc(C(=O)O)c1)NO. The van der Waals surface area contributed by atoms with Crippen molar-refractivity contribution in [1.82, 2.24) is 15.7 Å². The maximum Gasteiger partial charge on any atom is 0.335 e. The molecule has 4 N–H and O–H groups in total. The lowest BCUT2D eigenvalue weighted by Crippen LogP contribution is -2.21. The summed E-state index contributed by atoms with van der Waals surface area (Å²) in [4.78, 5) is 23.1. The van der Waals surface area contributed by atoms with Crippen LogP contribution >= 0.6 is 0 Å². The number of aromatic amines is 1. The quantitative estimate of drug-likeness (QED) is 0.393. The van der Waals surface area contributed by atoms with Crippen LogP contribution in [0.3, 0.4) is 0 Å². The molecule has 0 saturated heterocycles. The smallest absolute Gasteiger partial charge is 0.335 e. The van der Waals surface area contributed by atoms with Crippen LogP contribution < -0.4 is 15.0 Å². The minimum atomic E-state index is -1.06. The number of nitrogens with one attached hydrogen (secondary N) is 2. The van der Waals surface area contributed by atoms with E-state index < -0.39 is 11.9 Å². The molecule has 3 aromatic rings. The highest BCUT2D eigenvalue weighted by atomic mass is 16.7. The number of carboxylic acids is 1. The number of hydrogen-bond donors (Lipinski definition) is 4. The van der Waals surface area contributed by atoms with E-state index in [0.717, 1.165) is 0 Å². The number of carbonyl (C=O) groups is 2. The van der Waals surface area contributed by atoms with Crippen LogP contribution in [0.15, 0.2) is 42.5 Å². The van der Waals surface area contributed by atoms with Crippen molar-refractivity contribution in [2.75, 3.05) is 6.79 Å². The minimum absolute atomic E-state index is 0.106. The van der Waals surface area contributed by atoms with Crippen LogP contribution in [0, 0.1) is 0 Å². The van der Waals surface area contributed by atoms with Gasteiger partial charge in [-0.15, -0.1) is 0 Å². The van der Waals surface area contributed by atoms with Crippen molar-refractivity contribution in [2.24, 2.45) is 0 Å². The van der Waals surface area contributed by atoms with Crippen molar-refractivity contribution < 1.29 is 29.4 Å². The molecule has 1 amide bonds. The number of amides is 1. The third kappa shape index (κ3) is 3.14. The van der Waals surface area contributed by atoms with Crippen LogP contribution in [-0.4, -0.2) is 39.2 Å².